The van der Waals surface area contributed by atoms with Crippen molar-refractivity contribution in [2.45, 2.75) is 6.10 Å². The molecule has 2 N–H and O–H groups in total. The summed E-state index contributed by atoms with van der Waals surface area (Å²) in [5, 5.41) is 9.10. The number of aromatic amines is 1. The van der Waals surface area contributed by atoms with Gasteiger partial charge in [-0.05, 0) is 18.2 Å². The molecule has 96 valence electrons. The molecule has 1 aromatic carbocycles. The van der Waals surface area contributed by atoms with Gasteiger partial charge in [-0.2, -0.15) is 0 Å². The van der Waals surface area contributed by atoms with Crippen LogP contribution in [-0.2, 0) is 4.74 Å². The van der Waals surface area contributed by atoms with Gasteiger partial charge in [0, 0.05) is 13.1 Å². The zero-order valence-electron chi connectivity index (χ0n) is 9.77. The molecule has 1 fully saturated rings. The van der Waals surface area contributed by atoms with Gasteiger partial charge in [0.05, 0.1) is 30.4 Å². The molecule has 3 rings (SSSR count). The molecular weight excluding hydrogens is 237 g/mol. The normalized spacial score (nSPS) is 20.6. The van der Waals surface area contributed by atoms with Crippen molar-refractivity contribution in [1.29, 1.82) is 0 Å². The first-order chi connectivity index (χ1) is 8.76. The molecule has 6 heteroatoms. The minimum Gasteiger partial charge on any atom is -0.394 e. The third-order valence-electron chi connectivity index (χ3n) is 3.07. The number of aliphatic hydroxyl groups excluding tert-OH is 1. The molecule has 0 aliphatic carbocycles. The maximum absolute atomic E-state index is 13.1. The first kappa shape index (κ1) is 11.4. The third kappa shape index (κ3) is 2.04. The SMILES string of the molecule is OCC1CN(c2nc3ccc(F)cc3[nH]2)CCO1. The highest BCUT2D eigenvalue weighted by atomic mass is 19.1. The van der Waals surface area contributed by atoms with Gasteiger partial charge >= 0.3 is 0 Å². The summed E-state index contributed by atoms with van der Waals surface area (Å²) >= 11 is 0. The average Bonchev–Trinajstić information content (AvgIpc) is 2.81. The van der Waals surface area contributed by atoms with E-state index in [1.54, 1.807) is 6.07 Å². The van der Waals surface area contributed by atoms with E-state index in [-0.39, 0.29) is 18.5 Å². The lowest BCUT2D eigenvalue weighted by molar-refractivity contribution is 0.00319. The second-order valence-corrected chi connectivity index (χ2v) is 4.34. The monoisotopic (exact) mass is 251 g/mol. The third-order valence-corrected chi connectivity index (χ3v) is 3.07. The molecule has 1 unspecified atom stereocenters. The Bertz CT molecular complexity index is 557. The number of hydrogen-bond acceptors (Lipinski definition) is 4. The molecule has 18 heavy (non-hydrogen) atoms. The van der Waals surface area contributed by atoms with Crippen molar-refractivity contribution in [3.63, 3.8) is 0 Å². The van der Waals surface area contributed by atoms with Gasteiger partial charge in [0.25, 0.3) is 0 Å². The minimum atomic E-state index is -0.284. The first-order valence-electron chi connectivity index (χ1n) is 5.89. The number of aliphatic hydroxyl groups is 1. The van der Waals surface area contributed by atoms with Crippen molar-refractivity contribution < 1.29 is 14.2 Å². The van der Waals surface area contributed by atoms with E-state index in [1.807, 2.05) is 4.90 Å². The van der Waals surface area contributed by atoms with Crippen molar-refractivity contribution in [1.82, 2.24) is 9.97 Å². The summed E-state index contributed by atoms with van der Waals surface area (Å²) in [4.78, 5) is 9.50. The highest BCUT2D eigenvalue weighted by molar-refractivity contribution is 5.77. The molecule has 1 saturated heterocycles. The van der Waals surface area contributed by atoms with E-state index >= 15 is 0 Å². The summed E-state index contributed by atoms with van der Waals surface area (Å²) in [7, 11) is 0. The molecule has 0 saturated carbocycles. The zero-order valence-corrected chi connectivity index (χ0v) is 9.77. The lowest BCUT2D eigenvalue weighted by atomic mass is 10.3. The van der Waals surface area contributed by atoms with Crippen LogP contribution in [-0.4, -0.2) is 47.5 Å². The van der Waals surface area contributed by atoms with Gasteiger partial charge < -0.3 is 19.7 Å². The Balaban J connectivity index is 1.89. The fraction of sp³-hybridized carbons (Fsp3) is 0.417. The van der Waals surface area contributed by atoms with E-state index in [9.17, 15) is 4.39 Å². The molecule has 5 nitrogen and oxygen atoms in total. The van der Waals surface area contributed by atoms with Crippen LogP contribution < -0.4 is 4.90 Å². The lowest BCUT2D eigenvalue weighted by Crippen LogP contribution is -2.44. The van der Waals surface area contributed by atoms with Crippen LogP contribution in [0.4, 0.5) is 10.3 Å². The Morgan fingerprint density at radius 2 is 2.44 bits per heavy atom. The summed E-state index contributed by atoms with van der Waals surface area (Å²) < 4.78 is 18.5. The number of hydrogen-bond donors (Lipinski definition) is 2. The summed E-state index contributed by atoms with van der Waals surface area (Å²) in [6, 6.07) is 4.47. The van der Waals surface area contributed by atoms with Gasteiger partial charge in [0.1, 0.15) is 5.82 Å². The number of halogens is 1. The van der Waals surface area contributed by atoms with Gasteiger partial charge in [0.15, 0.2) is 0 Å². The van der Waals surface area contributed by atoms with E-state index in [2.05, 4.69) is 9.97 Å². The molecule has 1 aliphatic rings. The van der Waals surface area contributed by atoms with Crippen LogP contribution in [0.1, 0.15) is 0 Å². The maximum atomic E-state index is 13.1. The average molecular weight is 251 g/mol. The van der Waals surface area contributed by atoms with Gasteiger partial charge in [0.2, 0.25) is 5.95 Å². The number of nitrogens with zero attached hydrogens (tertiary/aromatic N) is 2. The quantitative estimate of drug-likeness (QED) is 0.832. The largest absolute Gasteiger partial charge is 0.394 e. The van der Waals surface area contributed by atoms with Gasteiger partial charge in [-0.3, -0.25) is 0 Å². The second-order valence-electron chi connectivity index (χ2n) is 4.34. The van der Waals surface area contributed by atoms with Crippen LogP contribution in [0.3, 0.4) is 0 Å². The molecule has 2 aromatic rings. The molecule has 2 heterocycles. The first-order valence-corrected chi connectivity index (χ1v) is 5.89. The molecular formula is C12H14FN3O2. The summed E-state index contributed by atoms with van der Waals surface area (Å²) in [6.45, 7) is 1.83. The standard InChI is InChI=1S/C12H14FN3O2/c13-8-1-2-10-11(5-8)15-12(14-10)16-3-4-18-9(6-16)7-17/h1-2,5,9,17H,3-4,6-7H2,(H,14,15). The van der Waals surface area contributed by atoms with Gasteiger partial charge in [-0.15, -0.1) is 0 Å². The van der Waals surface area contributed by atoms with Crippen LogP contribution in [0, 0.1) is 5.82 Å². The molecule has 1 aromatic heterocycles. The lowest BCUT2D eigenvalue weighted by Gasteiger charge is -2.31. The van der Waals surface area contributed by atoms with Crippen molar-refractivity contribution in [2.75, 3.05) is 31.2 Å². The number of aromatic nitrogens is 2. The molecule has 0 bridgehead atoms. The smallest absolute Gasteiger partial charge is 0.204 e. The molecule has 0 spiro atoms. The number of benzene rings is 1. The fourth-order valence-electron chi connectivity index (χ4n) is 2.14. The topological polar surface area (TPSA) is 61.4 Å². The van der Waals surface area contributed by atoms with Crippen LogP contribution in [0.2, 0.25) is 0 Å². The molecule has 1 aliphatic heterocycles. The van der Waals surface area contributed by atoms with Crippen LogP contribution in [0.15, 0.2) is 18.2 Å². The maximum Gasteiger partial charge on any atom is 0.204 e. The van der Waals surface area contributed by atoms with Crippen LogP contribution in [0.25, 0.3) is 11.0 Å². The van der Waals surface area contributed by atoms with E-state index in [1.165, 1.54) is 12.1 Å². The Kier molecular flexibility index (Phi) is 2.89. The Morgan fingerprint density at radius 3 is 3.28 bits per heavy atom. The second kappa shape index (κ2) is 4.55. The predicted octanol–water partition coefficient (Wildman–Crippen LogP) is 0.899. The van der Waals surface area contributed by atoms with E-state index < -0.39 is 0 Å². The van der Waals surface area contributed by atoms with E-state index in [0.29, 0.717) is 31.2 Å². The van der Waals surface area contributed by atoms with Crippen LogP contribution >= 0.6 is 0 Å². The summed E-state index contributed by atoms with van der Waals surface area (Å²) in [6.07, 6.45) is -0.191. The van der Waals surface area contributed by atoms with Crippen molar-refractivity contribution in [2.24, 2.45) is 0 Å². The van der Waals surface area contributed by atoms with E-state index in [4.69, 9.17) is 9.84 Å². The number of H-pyrrole nitrogens is 1. The molecule has 0 amide bonds. The number of nitrogens with one attached hydrogen (secondary N) is 1. The highest BCUT2D eigenvalue weighted by Crippen LogP contribution is 2.20. The molecule has 1 atom stereocenters. The van der Waals surface area contributed by atoms with Crippen molar-refractivity contribution >= 4 is 17.0 Å². The Labute approximate surface area is 103 Å². The van der Waals surface area contributed by atoms with E-state index in [0.717, 1.165) is 5.52 Å². The zero-order chi connectivity index (χ0) is 12.5. The number of fused-ring (bicyclic) bond motifs is 1. The van der Waals surface area contributed by atoms with Gasteiger partial charge in [-0.1, -0.05) is 0 Å². The number of morpholine rings is 1. The predicted molar refractivity (Wildman–Crippen MR) is 65.1 cm³/mol. The fourth-order valence-corrected chi connectivity index (χ4v) is 2.14. The van der Waals surface area contributed by atoms with Crippen LogP contribution in [0.5, 0.6) is 0 Å². The number of rotatable bonds is 2. The summed E-state index contributed by atoms with van der Waals surface area (Å²) in [5.41, 5.74) is 1.41. The van der Waals surface area contributed by atoms with Crippen molar-refractivity contribution in [3.8, 4) is 0 Å². The Morgan fingerprint density at radius 1 is 1.56 bits per heavy atom. The number of anilines is 1. The number of ether oxygens (including phenoxy) is 1. The minimum absolute atomic E-state index is 0.00857. The molecule has 0 radical (unpaired) electrons. The summed E-state index contributed by atoms with van der Waals surface area (Å²) in [5.74, 6) is 0.408. The van der Waals surface area contributed by atoms with Gasteiger partial charge in [-0.25, -0.2) is 9.37 Å². The number of imidazole rings is 1. The highest BCUT2D eigenvalue weighted by Gasteiger charge is 2.22. The Hall–Kier alpha value is -1.66. The van der Waals surface area contributed by atoms with Crippen molar-refractivity contribution in [3.05, 3.63) is 24.0 Å².